The topological polar surface area (TPSA) is 63.2 Å². The zero-order valence-electron chi connectivity index (χ0n) is 2.33. The molecule has 0 fully saturated rings. The quantitative estimate of drug-likeness (QED) is 0.364. The van der Waals surface area contributed by atoms with Gasteiger partial charge in [-0.15, -0.1) is 0 Å². The van der Waals surface area contributed by atoms with Crippen molar-refractivity contribution in [3.63, 3.8) is 0 Å². The number of carbonyl (C=O) groups excluding carboxylic acids is 1. The molecule has 0 radical (unpaired) electrons. The van der Waals surface area contributed by atoms with E-state index in [1.165, 1.54) is 0 Å². The molecule has 0 amide bonds. The molecule has 0 aromatic rings. The molecule has 0 aromatic heterocycles. The summed E-state index contributed by atoms with van der Waals surface area (Å²) in [7, 11) is 0. The third-order valence-corrected chi connectivity index (χ3v) is 0. The van der Waals surface area contributed by atoms with Crippen LogP contribution in [0.2, 0.25) is 0 Å². The van der Waals surface area contributed by atoms with Crippen LogP contribution in [-0.2, 0) is 44.8 Å². The van der Waals surface area contributed by atoms with E-state index in [1.807, 2.05) is 0 Å². The Morgan fingerprint density at radius 3 is 1.17 bits per heavy atom. The van der Waals surface area contributed by atoms with E-state index in [4.69, 9.17) is 15.0 Å². The van der Waals surface area contributed by atoms with Crippen LogP contribution in [0.3, 0.4) is 0 Å². The van der Waals surface area contributed by atoms with Crippen LogP contribution in [0.4, 0.5) is 4.79 Å². The Hall–Kier alpha value is 0.751. The molecule has 3 nitrogen and oxygen atoms in total. The first-order valence-electron chi connectivity index (χ1n) is 0.612. The standard InChI is InChI=1S/CH2O3.2Ag/c2-1(3)4;;/h(H2,2,3,4);;/q;2*+1/p-2/i1+1;;. The van der Waals surface area contributed by atoms with Crippen molar-refractivity contribution in [1.29, 1.82) is 0 Å². The van der Waals surface area contributed by atoms with Gasteiger partial charge in [-0.3, -0.25) is 0 Å². The zero-order valence-corrected chi connectivity index (χ0v) is 5.29. The third-order valence-electron chi connectivity index (χ3n) is 0. The van der Waals surface area contributed by atoms with E-state index in [0.29, 0.717) is 0 Å². The molecule has 0 aliphatic carbocycles. The molecule has 0 saturated heterocycles. The summed E-state index contributed by atoms with van der Waals surface area (Å²) in [6, 6.07) is 0. The summed E-state index contributed by atoms with van der Waals surface area (Å²) in [5, 5.41) is 16.7. The fourth-order valence-corrected chi connectivity index (χ4v) is 0. The molecule has 0 aromatic carbocycles. The van der Waals surface area contributed by atoms with Gasteiger partial charge in [-0.2, -0.15) is 0 Å². The zero-order chi connectivity index (χ0) is 3.58. The van der Waals surface area contributed by atoms with Gasteiger partial charge in [0.1, 0.15) is 0 Å². The molecule has 5 heteroatoms. The predicted octanol–water partition coefficient (Wildman–Crippen LogP) is -2.45. The molecule has 0 bridgehead atoms. The average molecular weight is 277 g/mol. The summed E-state index contributed by atoms with van der Waals surface area (Å²) in [6.07, 6.45) is -2.33. The van der Waals surface area contributed by atoms with Gasteiger partial charge in [0.2, 0.25) is 0 Å². The van der Waals surface area contributed by atoms with Crippen molar-refractivity contribution in [2.24, 2.45) is 0 Å². The first kappa shape index (κ1) is 15.9. The SMILES string of the molecule is O=[13C]([O-])[O-].[Ag+].[Ag+]. The Bertz CT molecular complexity index is 31.8. The summed E-state index contributed by atoms with van der Waals surface area (Å²) in [5.41, 5.74) is 0. The van der Waals surface area contributed by atoms with E-state index < -0.39 is 6.16 Å². The van der Waals surface area contributed by atoms with E-state index >= 15 is 0 Å². The molecule has 0 aliphatic heterocycles. The minimum atomic E-state index is -2.33. The number of hydrogen-bond donors (Lipinski definition) is 0. The Morgan fingerprint density at radius 1 is 1.17 bits per heavy atom. The van der Waals surface area contributed by atoms with Gasteiger partial charge < -0.3 is 15.0 Å². The molecule has 0 heterocycles. The molecule has 44 valence electrons. The van der Waals surface area contributed by atoms with Gasteiger partial charge in [-0.1, -0.05) is 0 Å². The number of carbonyl (C=O) groups is 1. The van der Waals surface area contributed by atoms with E-state index in [1.54, 1.807) is 0 Å². The molecule has 0 unspecified atom stereocenters. The number of hydrogen-bond acceptors (Lipinski definition) is 3. The fourth-order valence-electron chi connectivity index (χ4n) is 0. The Morgan fingerprint density at radius 2 is 1.17 bits per heavy atom. The molecule has 0 N–H and O–H groups in total. The van der Waals surface area contributed by atoms with Crippen molar-refractivity contribution >= 4 is 6.16 Å². The van der Waals surface area contributed by atoms with Gasteiger partial charge in [-0.25, -0.2) is 0 Å². The first-order chi connectivity index (χ1) is 1.73. The van der Waals surface area contributed by atoms with Crippen LogP contribution in [0.15, 0.2) is 0 Å². The van der Waals surface area contributed by atoms with Crippen LogP contribution < -0.4 is 10.2 Å². The van der Waals surface area contributed by atoms with Crippen LogP contribution in [-0.4, -0.2) is 6.16 Å². The Kier molecular flexibility index (Phi) is 24.4. The summed E-state index contributed by atoms with van der Waals surface area (Å²) < 4.78 is 0. The van der Waals surface area contributed by atoms with Gasteiger partial charge in [0.05, 0.1) is 0 Å². The van der Waals surface area contributed by atoms with Crippen molar-refractivity contribution in [3.8, 4) is 0 Å². The maximum Gasteiger partial charge on any atom is 1.00 e. The monoisotopic (exact) mass is 275 g/mol. The molecule has 0 atom stereocenters. The molecular formula is CAg2O3. The second-order valence-electron chi connectivity index (χ2n) is 0.250. The van der Waals surface area contributed by atoms with Gasteiger partial charge >= 0.3 is 44.8 Å². The predicted molar refractivity (Wildman–Crippen MR) is 5.40 cm³/mol. The Labute approximate surface area is 65.8 Å². The molecule has 0 rings (SSSR count). The van der Waals surface area contributed by atoms with Crippen molar-refractivity contribution in [2.75, 3.05) is 0 Å². The molecule has 6 heavy (non-hydrogen) atoms. The molecule has 0 saturated carbocycles. The van der Waals surface area contributed by atoms with E-state index in [0.717, 1.165) is 0 Å². The fraction of sp³-hybridized carbons (Fsp3) is 0. The van der Waals surface area contributed by atoms with Crippen LogP contribution >= 0.6 is 0 Å². The minimum Gasteiger partial charge on any atom is -0.652 e. The van der Waals surface area contributed by atoms with E-state index in [2.05, 4.69) is 0 Å². The van der Waals surface area contributed by atoms with Crippen LogP contribution in [0, 0.1) is 0 Å². The van der Waals surface area contributed by atoms with E-state index in [9.17, 15) is 0 Å². The van der Waals surface area contributed by atoms with Crippen LogP contribution in [0.25, 0.3) is 0 Å². The van der Waals surface area contributed by atoms with Crippen LogP contribution in [0.5, 0.6) is 0 Å². The maximum absolute atomic E-state index is 8.33. The van der Waals surface area contributed by atoms with Gasteiger partial charge in [0, 0.05) is 0 Å². The Balaban J connectivity index is -0.0000000450. The second kappa shape index (κ2) is 9.23. The van der Waals surface area contributed by atoms with E-state index in [-0.39, 0.29) is 44.8 Å². The number of carboxylic acid groups (broad SMARTS) is 2. The summed E-state index contributed by atoms with van der Waals surface area (Å²) >= 11 is 0. The minimum absolute atomic E-state index is 0. The van der Waals surface area contributed by atoms with Gasteiger partial charge in [-0.05, 0) is 6.16 Å². The largest absolute Gasteiger partial charge is 1.00 e. The molecule has 0 aliphatic rings. The van der Waals surface area contributed by atoms with Crippen molar-refractivity contribution in [3.05, 3.63) is 0 Å². The summed E-state index contributed by atoms with van der Waals surface area (Å²) in [4.78, 5) is 8.33. The molecular weight excluding hydrogens is 277 g/mol. The van der Waals surface area contributed by atoms with Crippen molar-refractivity contribution in [1.82, 2.24) is 0 Å². The van der Waals surface area contributed by atoms with Crippen LogP contribution in [0.1, 0.15) is 0 Å². The van der Waals surface area contributed by atoms with Gasteiger partial charge in [0.15, 0.2) is 0 Å². The summed E-state index contributed by atoms with van der Waals surface area (Å²) in [6.45, 7) is 0. The number of rotatable bonds is 0. The maximum atomic E-state index is 8.33. The molecule has 0 spiro atoms. The van der Waals surface area contributed by atoms with Gasteiger partial charge in [0.25, 0.3) is 0 Å². The first-order valence-corrected chi connectivity index (χ1v) is 0.612. The van der Waals surface area contributed by atoms with Crippen molar-refractivity contribution < 1.29 is 59.8 Å². The van der Waals surface area contributed by atoms with Crippen molar-refractivity contribution in [2.45, 2.75) is 0 Å². The second-order valence-corrected chi connectivity index (χ2v) is 0.250. The third kappa shape index (κ3) is 119. The normalized spacial score (nSPS) is 4.00. The summed E-state index contributed by atoms with van der Waals surface area (Å²) in [5.74, 6) is 0. The average Bonchev–Trinajstić information content (AvgIpc) is 0.811. The smallest absolute Gasteiger partial charge is 0.652 e.